The van der Waals surface area contributed by atoms with Gasteiger partial charge in [-0.1, -0.05) is 54.6 Å². The summed E-state index contributed by atoms with van der Waals surface area (Å²) in [4.78, 5) is 0.248. The molecular formula is C21H22N2O3S. The Hall–Kier alpha value is -2.83. The summed E-state index contributed by atoms with van der Waals surface area (Å²) >= 11 is 0. The Labute approximate surface area is 160 Å². The highest BCUT2D eigenvalue weighted by Gasteiger charge is 2.18. The summed E-state index contributed by atoms with van der Waals surface area (Å²) in [6.45, 7) is 0.207. The molecule has 27 heavy (non-hydrogen) atoms. The Kier molecular flexibility index (Phi) is 6.11. The molecule has 0 radical (unpaired) electrons. The van der Waals surface area contributed by atoms with Gasteiger partial charge < -0.3 is 10.1 Å². The van der Waals surface area contributed by atoms with Crippen LogP contribution in [-0.2, 0) is 10.0 Å². The maximum atomic E-state index is 12.6. The Balaban J connectivity index is 1.80. The topological polar surface area (TPSA) is 67.4 Å². The van der Waals surface area contributed by atoms with Gasteiger partial charge in [-0.05, 0) is 29.8 Å². The number of rotatable bonds is 8. The molecule has 140 valence electrons. The lowest BCUT2D eigenvalue weighted by Gasteiger charge is -2.21. The number of anilines is 1. The van der Waals surface area contributed by atoms with Crippen LogP contribution >= 0.6 is 0 Å². The summed E-state index contributed by atoms with van der Waals surface area (Å²) in [5.41, 5.74) is 1.83. The number of hydrogen-bond acceptors (Lipinski definition) is 4. The van der Waals surface area contributed by atoms with E-state index in [1.807, 2.05) is 54.6 Å². The van der Waals surface area contributed by atoms with Crippen LogP contribution in [0.1, 0.15) is 11.6 Å². The second-order valence-electron chi connectivity index (χ2n) is 6.00. The van der Waals surface area contributed by atoms with Crippen molar-refractivity contribution in [3.05, 3.63) is 90.5 Å². The van der Waals surface area contributed by atoms with Crippen molar-refractivity contribution in [1.82, 2.24) is 4.72 Å². The van der Waals surface area contributed by atoms with Crippen molar-refractivity contribution in [2.45, 2.75) is 10.9 Å². The minimum absolute atomic E-state index is 0.207. The Bertz CT molecular complexity index is 961. The van der Waals surface area contributed by atoms with Gasteiger partial charge in [0.1, 0.15) is 5.75 Å². The predicted octanol–water partition coefficient (Wildman–Crippen LogP) is 3.83. The second-order valence-corrected chi connectivity index (χ2v) is 7.77. The van der Waals surface area contributed by atoms with E-state index in [4.69, 9.17) is 4.74 Å². The lowest BCUT2D eigenvalue weighted by molar-refractivity contribution is 0.415. The summed E-state index contributed by atoms with van der Waals surface area (Å²) < 4.78 is 33.1. The summed E-state index contributed by atoms with van der Waals surface area (Å²) in [5.74, 6) is 0.733. The predicted molar refractivity (Wildman–Crippen MR) is 107 cm³/mol. The molecule has 3 aromatic carbocycles. The molecule has 0 saturated carbocycles. The van der Waals surface area contributed by atoms with Crippen molar-refractivity contribution in [2.24, 2.45) is 0 Å². The zero-order valence-corrected chi connectivity index (χ0v) is 15.8. The fourth-order valence-corrected chi connectivity index (χ4v) is 3.80. The first-order chi connectivity index (χ1) is 13.1. The highest BCUT2D eigenvalue weighted by Crippen LogP contribution is 2.23. The average molecular weight is 382 g/mol. The molecule has 0 bridgehead atoms. The third-order valence-electron chi connectivity index (χ3n) is 4.14. The minimum Gasteiger partial charge on any atom is -0.497 e. The fraction of sp³-hybridized carbons (Fsp3) is 0.143. The number of nitrogens with one attached hydrogen (secondary N) is 2. The Morgan fingerprint density at radius 2 is 1.56 bits per heavy atom. The molecule has 6 heteroatoms. The van der Waals surface area contributed by atoms with Crippen LogP contribution in [0.2, 0.25) is 0 Å². The fourth-order valence-electron chi connectivity index (χ4n) is 2.73. The van der Waals surface area contributed by atoms with Crippen LogP contribution in [-0.4, -0.2) is 22.1 Å². The molecule has 3 aromatic rings. The van der Waals surface area contributed by atoms with E-state index in [0.717, 1.165) is 17.0 Å². The van der Waals surface area contributed by atoms with Gasteiger partial charge in [0, 0.05) is 18.3 Å². The van der Waals surface area contributed by atoms with Gasteiger partial charge >= 0.3 is 0 Å². The average Bonchev–Trinajstić information content (AvgIpc) is 2.72. The standard InChI is InChI=1S/C21H22N2O3S/c1-26-19-12-8-11-18(15-19)23-21(17-9-4-2-5-10-17)16-22-27(24,25)20-13-6-3-7-14-20/h2-15,21-23H,16H2,1H3. The third-order valence-corrected chi connectivity index (χ3v) is 5.58. The Morgan fingerprint density at radius 3 is 2.22 bits per heavy atom. The van der Waals surface area contributed by atoms with Gasteiger partial charge in [0.2, 0.25) is 10.0 Å². The Morgan fingerprint density at radius 1 is 0.889 bits per heavy atom. The highest BCUT2D eigenvalue weighted by molar-refractivity contribution is 7.89. The molecular weight excluding hydrogens is 360 g/mol. The zero-order chi connectivity index (χ0) is 19.1. The van der Waals surface area contributed by atoms with Crippen molar-refractivity contribution in [3.63, 3.8) is 0 Å². The van der Waals surface area contributed by atoms with Gasteiger partial charge in [-0.15, -0.1) is 0 Å². The smallest absolute Gasteiger partial charge is 0.240 e. The van der Waals surface area contributed by atoms with Gasteiger partial charge in [0.15, 0.2) is 0 Å². The summed E-state index contributed by atoms with van der Waals surface area (Å²) in [5, 5.41) is 3.39. The minimum atomic E-state index is -3.58. The van der Waals surface area contributed by atoms with Gasteiger partial charge in [-0.25, -0.2) is 13.1 Å². The van der Waals surface area contributed by atoms with Crippen LogP contribution in [0.15, 0.2) is 89.8 Å². The molecule has 0 amide bonds. The normalized spacial score (nSPS) is 12.3. The van der Waals surface area contributed by atoms with Crippen LogP contribution in [0.5, 0.6) is 5.75 Å². The number of methoxy groups -OCH3 is 1. The van der Waals surface area contributed by atoms with Crippen LogP contribution in [0.25, 0.3) is 0 Å². The number of sulfonamides is 1. The maximum Gasteiger partial charge on any atom is 0.240 e. The van der Waals surface area contributed by atoms with E-state index in [2.05, 4.69) is 10.0 Å². The van der Waals surface area contributed by atoms with E-state index in [1.165, 1.54) is 0 Å². The lowest BCUT2D eigenvalue weighted by Crippen LogP contribution is -2.31. The van der Waals surface area contributed by atoms with Crippen molar-refractivity contribution in [2.75, 3.05) is 19.0 Å². The summed E-state index contributed by atoms with van der Waals surface area (Å²) in [6.07, 6.45) is 0. The molecule has 0 heterocycles. The molecule has 0 aliphatic heterocycles. The van der Waals surface area contributed by atoms with Crippen LogP contribution in [0, 0.1) is 0 Å². The van der Waals surface area contributed by atoms with Crippen molar-refractivity contribution < 1.29 is 13.2 Å². The third kappa shape index (κ3) is 5.09. The van der Waals surface area contributed by atoms with Crippen molar-refractivity contribution in [1.29, 1.82) is 0 Å². The first-order valence-corrected chi connectivity index (χ1v) is 10.1. The van der Waals surface area contributed by atoms with E-state index < -0.39 is 10.0 Å². The van der Waals surface area contributed by atoms with E-state index in [1.54, 1.807) is 37.4 Å². The van der Waals surface area contributed by atoms with Crippen LogP contribution in [0.3, 0.4) is 0 Å². The number of ether oxygens (including phenoxy) is 1. The molecule has 2 N–H and O–H groups in total. The van der Waals surface area contributed by atoms with Crippen molar-refractivity contribution >= 4 is 15.7 Å². The first-order valence-electron chi connectivity index (χ1n) is 8.59. The van der Waals surface area contributed by atoms with Gasteiger partial charge in [-0.3, -0.25) is 0 Å². The number of hydrogen-bond donors (Lipinski definition) is 2. The van der Waals surface area contributed by atoms with Crippen molar-refractivity contribution in [3.8, 4) is 5.75 Å². The van der Waals surface area contributed by atoms with Gasteiger partial charge in [0.25, 0.3) is 0 Å². The molecule has 0 aliphatic rings. The zero-order valence-electron chi connectivity index (χ0n) is 15.0. The highest BCUT2D eigenvalue weighted by atomic mass is 32.2. The van der Waals surface area contributed by atoms with Gasteiger partial charge in [-0.2, -0.15) is 0 Å². The van der Waals surface area contributed by atoms with E-state index in [9.17, 15) is 8.42 Å². The molecule has 5 nitrogen and oxygen atoms in total. The van der Waals surface area contributed by atoms with E-state index >= 15 is 0 Å². The molecule has 1 atom stereocenters. The second kappa shape index (κ2) is 8.70. The van der Waals surface area contributed by atoms with Gasteiger partial charge in [0.05, 0.1) is 18.0 Å². The quantitative estimate of drug-likeness (QED) is 0.621. The van der Waals surface area contributed by atoms with Crippen LogP contribution in [0.4, 0.5) is 5.69 Å². The van der Waals surface area contributed by atoms with E-state index in [0.29, 0.717) is 0 Å². The molecule has 0 spiro atoms. The van der Waals surface area contributed by atoms with Crippen LogP contribution < -0.4 is 14.8 Å². The maximum absolute atomic E-state index is 12.6. The molecule has 0 fully saturated rings. The number of benzene rings is 3. The molecule has 0 aliphatic carbocycles. The molecule has 3 rings (SSSR count). The summed E-state index contributed by atoms with van der Waals surface area (Å²) in [6, 6.07) is 25.4. The van der Waals surface area contributed by atoms with E-state index in [-0.39, 0.29) is 17.5 Å². The molecule has 0 saturated heterocycles. The monoisotopic (exact) mass is 382 g/mol. The molecule has 1 unspecified atom stereocenters. The summed E-state index contributed by atoms with van der Waals surface area (Å²) in [7, 11) is -1.97. The largest absolute Gasteiger partial charge is 0.497 e. The first kappa shape index (κ1) is 18.9. The molecule has 0 aromatic heterocycles. The SMILES string of the molecule is COc1cccc(NC(CNS(=O)(=O)c2ccccc2)c2ccccc2)c1. The lowest BCUT2D eigenvalue weighted by atomic mass is 10.1.